The second-order valence-corrected chi connectivity index (χ2v) is 9.68. The maximum atomic E-state index is 12.8. The number of amides is 2. The van der Waals surface area contributed by atoms with Gasteiger partial charge in [-0.15, -0.1) is 0 Å². The Labute approximate surface area is 212 Å². The number of hydrogen-bond acceptors (Lipinski definition) is 7. The first kappa shape index (κ1) is 25.3. The van der Waals surface area contributed by atoms with Crippen LogP contribution < -0.4 is 9.47 Å². The van der Waals surface area contributed by atoms with E-state index in [2.05, 4.69) is 36.6 Å². The molecule has 0 bridgehead atoms. The van der Waals surface area contributed by atoms with Gasteiger partial charge in [-0.1, -0.05) is 44.0 Å². The normalized spacial score (nSPS) is 15.7. The summed E-state index contributed by atoms with van der Waals surface area (Å²) >= 11 is 7.69. The van der Waals surface area contributed by atoms with Crippen molar-refractivity contribution in [1.29, 1.82) is 0 Å². The first-order valence-electron chi connectivity index (χ1n) is 9.93. The number of esters is 1. The van der Waals surface area contributed by atoms with Gasteiger partial charge in [-0.25, -0.2) is 4.79 Å². The van der Waals surface area contributed by atoms with Gasteiger partial charge in [0, 0.05) is 8.95 Å². The molecule has 2 aromatic carbocycles. The zero-order chi connectivity index (χ0) is 24.1. The summed E-state index contributed by atoms with van der Waals surface area (Å²) in [6.07, 6.45) is 1.58. The fraction of sp³-hybridized carbons (Fsp3) is 0.261. The number of carbonyl (C=O) groups is 3. The van der Waals surface area contributed by atoms with E-state index in [0.29, 0.717) is 34.7 Å². The molecule has 7 nitrogen and oxygen atoms in total. The van der Waals surface area contributed by atoms with E-state index in [1.54, 1.807) is 18.2 Å². The highest BCUT2D eigenvalue weighted by molar-refractivity contribution is 9.10. The van der Waals surface area contributed by atoms with E-state index in [-0.39, 0.29) is 4.91 Å². The van der Waals surface area contributed by atoms with E-state index >= 15 is 0 Å². The Morgan fingerprint density at radius 1 is 1.12 bits per heavy atom. The van der Waals surface area contributed by atoms with Crippen molar-refractivity contribution in [2.45, 2.75) is 26.5 Å². The van der Waals surface area contributed by atoms with E-state index in [0.717, 1.165) is 26.7 Å². The Morgan fingerprint density at radius 3 is 2.42 bits per heavy atom. The molecule has 2 amide bonds. The lowest BCUT2D eigenvalue weighted by atomic mass is 10.1. The number of methoxy groups -OCH3 is 1. The van der Waals surface area contributed by atoms with Crippen molar-refractivity contribution < 1.29 is 28.6 Å². The summed E-state index contributed by atoms with van der Waals surface area (Å²) in [7, 11) is 1.21. The summed E-state index contributed by atoms with van der Waals surface area (Å²) in [5.41, 5.74) is 1.62. The molecule has 1 atom stereocenters. The van der Waals surface area contributed by atoms with Crippen molar-refractivity contribution in [3.05, 3.63) is 61.4 Å². The molecule has 0 aliphatic carbocycles. The van der Waals surface area contributed by atoms with Gasteiger partial charge < -0.3 is 14.2 Å². The third-order valence-electron chi connectivity index (χ3n) is 4.71. The standard InChI is InChI=1S/C23H21Br2NO6S/c1-4-31-18-9-15(10-20-21(27)26(23(29)33-20)13(2)22(28)30-3)17(25)11-19(18)32-12-14-5-7-16(24)8-6-14/h5-11,13H,4,12H2,1-3H3/b20-10+/t13-/m0/s1. The quantitative estimate of drug-likeness (QED) is 0.281. The molecule has 1 heterocycles. The maximum absolute atomic E-state index is 12.8. The second-order valence-electron chi connectivity index (χ2n) is 6.92. The molecule has 0 aromatic heterocycles. The van der Waals surface area contributed by atoms with Crippen molar-refractivity contribution in [3.8, 4) is 11.5 Å². The molecule has 3 rings (SSSR count). The van der Waals surface area contributed by atoms with Gasteiger partial charge in [-0.3, -0.25) is 14.5 Å². The van der Waals surface area contributed by atoms with Gasteiger partial charge in [0.2, 0.25) is 0 Å². The van der Waals surface area contributed by atoms with Gasteiger partial charge >= 0.3 is 5.97 Å². The van der Waals surface area contributed by atoms with Crippen molar-refractivity contribution in [2.75, 3.05) is 13.7 Å². The van der Waals surface area contributed by atoms with Crippen molar-refractivity contribution >= 4 is 66.8 Å². The number of nitrogens with zero attached hydrogens (tertiary/aromatic N) is 1. The van der Waals surface area contributed by atoms with Crippen LogP contribution in [-0.2, 0) is 20.9 Å². The van der Waals surface area contributed by atoms with Crippen LogP contribution in [0.5, 0.6) is 11.5 Å². The second kappa shape index (κ2) is 11.2. The molecule has 0 saturated carbocycles. The number of rotatable bonds is 8. The van der Waals surface area contributed by atoms with Gasteiger partial charge in [0.1, 0.15) is 12.6 Å². The van der Waals surface area contributed by atoms with Gasteiger partial charge in [-0.2, -0.15) is 0 Å². The van der Waals surface area contributed by atoms with Crippen LogP contribution in [0.2, 0.25) is 0 Å². The van der Waals surface area contributed by atoms with Crippen LogP contribution in [0.4, 0.5) is 4.79 Å². The Bertz CT molecular complexity index is 1100. The number of hydrogen-bond donors (Lipinski definition) is 0. The molecule has 0 radical (unpaired) electrons. The van der Waals surface area contributed by atoms with Crippen molar-refractivity contribution in [1.82, 2.24) is 4.90 Å². The molecule has 33 heavy (non-hydrogen) atoms. The lowest BCUT2D eigenvalue weighted by Crippen LogP contribution is -2.42. The zero-order valence-electron chi connectivity index (χ0n) is 18.1. The number of halogens is 2. The third kappa shape index (κ3) is 5.99. The molecular formula is C23H21Br2NO6S. The predicted octanol–water partition coefficient (Wildman–Crippen LogP) is 5.79. The van der Waals surface area contributed by atoms with E-state index < -0.39 is 23.2 Å². The average molecular weight is 599 g/mol. The highest BCUT2D eigenvalue weighted by Gasteiger charge is 2.41. The number of ether oxygens (including phenoxy) is 3. The first-order valence-corrected chi connectivity index (χ1v) is 12.3. The van der Waals surface area contributed by atoms with Crippen LogP contribution in [0.1, 0.15) is 25.0 Å². The number of benzene rings is 2. The summed E-state index contributed by atoms with van der Waals surface area (Å²) in [5, 5.41) is -0.528. The Balaban J connectivity index is 1.86. The van der Waals surface area contributed by atoms with Gasteiger partial charge in [-0.05, 0) is 67.1 Å². The van der Waals surface area contributed by atoms with E-state index in [1.807, 2.05) is 31.2 Å². The summed E-state index contributed by atoms with van der Waals surface area (Å²) in [6.45, 7) is 4.08. The SMILES string of the molecule is CCOc1cc(/C=C2/SC(=O)N([C@@H](C)C(=O)OC)C2=O)c(Br)cc1OCc1ccc(Br)cc1. The maximum Gasteiger partial charge on any atom is 0.328 e. The predicted molar refractivity (Wildman–Crippen MR) is 133 cm³/mol. The van der Waals surface area contributed by atoms with Crippen molar-refractivity contribution in [2.24, 2.45) is 0 Å². The lowest BCUT2D eigenvalue weighted by molar-refractivity contribution is -0.148. The smallest absolute Gasteiger partial charge is 0.328 e. The van der Waals surface area contributed by atoms with Gasteiger partial charge in [0.05, 0.1) is 18.6 Å². The molecule has 1 saturated heterocycles. The molecular weight excluding hydrogens is 578 g/mol. The minimum Gasteiger partial charge on any atom is -0.490 e. The van der Waals surface area contributed by atoms with Crippen LogP contribution in [0, 0.1) is 0 Å². The number of carbonyl (C=O) groups excluding carboxylic acids is 3. The molecule has 10 heteroatoms. The molecule has 0 spiro atoms. The first-order chi connectivity index (χ1) is 15.7. The van der Waals surface area contributed by atoms with E-state index in [9.17, 15) is 14.4 Å². The minimum absolute atomic E-state index is 0.197. The lowest BCUT2D eigenvalue weighted by Gasteiger charge is -2.18. The largest absolute Gasteiger partial charge is 0.490 e. The molecule has 1 fully saturated rings. The monoisotopic (exact) mass is 597 g/mol. The van der Waals surface area contributed by atoms with Crippen LogP contribution in [-0.4, -0.2) is 41.8 Å². The van der Waals surface area contributed by atoms with Gasteiger partial charge in [0.25, 0.3) is 11.1 Å². The highest BCUT2D eigenvalue weighted by Crippen LogP contribution is 2.39. The summed E-state index contributed by atoms with van der Waals surface area (Å²) < 4.78 is 18.0. The fourth-order valence-electron chi connectivity index (χ4n) is 3.02. The Hall–Kier alpha value is -2.30. The number of thioether (sulfide) groups is 1. The molecule has 1 aliphatic rings. The van der Waals surface area contributed by atoms with Crippen LogP contribution in [0.3, 0.4) is 0 Å². The minimum atomic E-state index is -1.01. The topological polar surface area (TPSA) is 82.1 Å². The molecule has 1 aliphatic heterocycles. The zero-order valence-corrected chi connectivity index (χ0v) is 22.1. The molecule has 0 N–H and O–H groups in total. The highest BCUT2D eigenvalue weighted by atomic mass is 79.9. The summed E-state index contributed by atoms with van der Waals surface area (Å²) in [6, 6.07) is 10.3. The number of imide groups is 1. The summed E-state index contributed by atoms with van der Waals surface area (Å²) in [5.74, 6) is -0.170. The van der Waals surface area contributed by atoms with Crippen LogP contribution >= 0.6 is 43.6 Å². The fourth-order valence-corrected chi connectivity index (χ4v) is 4.62. The Kier molecular flexibility index (Phi) is 8.61. The average Bonchev–Trinajstić information content (AvgIpc) is 3.07. The molecule has 2 aromatic rings. The van der Waals surface area contributed by atoms with E-state index in [4.69, 9.17) is 9.47 Å². The third-order valence-corrected chi connectivity index (χ3v) is 6.81. The Morgan fingerprint density at radius 2 is 1.79 bits per heavy atom. The molecule has 174 valence electrons. The summed E-state index contributed by atoms with van der Waals surface area (Å²) in [4.78, 5) is 38.0. The van der Waals surface area contributed by atoms with Gasteiger partial charge in [0.15, 0.2) is 11.5 Å². The van der Waals surface area contributed by atoms with E-state index in [1.165, 1.54) is 14.0 Å². The van der Waals surface area contributed by atoms with Crippen LogP contribution in [0.15, 0.2) is 50.2 Å². The molecule has 0 unspecified atom stereocenters. The van der Waals surface area contributed by atoms with Crippen molar-refractivity contribution in [3.63, 3.8) is 0 Å². The van der Waals surface area contributed by atoms with Crippen LogP contribution in [0.25, 0.3) is 6.08 Å².